The summed E-state index contributed by atoms with van der Waals surface area (Å²) in [4.78, 5) is 17.5. The molecule has 0 aliphatic carbocycles. The Balaban J connectivity index is 1.50. The lowest BCUT2D eigenvalue weighted by Crippen LogP contribution is -2.31. The minimum Gasteiger partial charge on any atom is -0.343 e. The molecule has 1 amide bonds. The van der Waals surface area contributed by atoms with Gasteiger partial charge in [0.2, 0.25) is 5.91 Å². The number of rotatable bonds is 8. The molecular formula is C27H24N2OS. The number of hydrogen-bond acceptors (Lipinski definition) is 3. The van der Waals surface area contributed by atoms with Crippen LogP contribution in [0, 0.1) is 0 Å². The molecule has 0 saturated carbocycles. The highest BCUT2D eigenvalue weighted by Gasteiger charge is 2.20. The molecule has 31 heavy (non-hydrogen) atoms. The van der Waals surface area contributed by atoms with Crippen molar-refractivity contribution in [3.05, 3.63) is 138 Å². The molecule has 0 aliphatic heterocycles. The van der Waals surface area contributed by atoms with Gasteiger partial charge in [-0.15, -0.1) is 11.8 Å². The van der Waals surface area contributed by atoms with Crippen LogP contribution in [0.25, 0.3) is 0 Å². The van der Waals surface area contributed by atoms with Gasteiger partial charge in [0.15, 0.2) is 0 Å². The third-order valence-corrected chi connectivity index (χ3v) is 6.31. The number of carbonyl (C=O) groups excluding carboxylic acids is 1. The van der Waals surface area contributed by atoms with Gasteiger partial charge in [0.1, 0.15) is 0 Å². The van der Waals surface area contributed by atoms with Crippen molar-refractivity contribution in [2.24, 2.45) is 0 Å². The smallest absolute Gasteiger partial charge is 0.230 e. The van der Waals surface area contributed by atoms with E-state index in [1.54, 1.807) is 18.0 Å². The molecule has 4 heteroatoms. The SMILES string of the molecule is O=C(CSC(c1ccccc1)c1ccccc1)N[C@@H](c1ccccc1)c1ccccn1. The van der Waals surface area contributed by atoms with Crippen LogP contribution >= 0.6 is 11.8 Å². The van der Waals surface area contributed by atoms with Gasteiger partial charge in [0.25, 0.3) is 0 Å². The fourth-order valence-corrected chi connectivity index (χ4v) is 4.62. The van der Waals surface area contributed by atoms with Gasteiger partial charge in [0.05, 0.1) is 22.7 Å². The van der Waals surface area contributed by atoms with Crippen molar-refractivity contribution in [1.82, 2.24) is 10.3 Å². The number of hydrogen-bond donors (Lipinski definition) is 1. The van der Waals surface area contributed by atoms with E-state index < -0.39 is 0 Å². The average Bonchev–Trinajstić information content (AvgIpc) is 2.85. The normalized spacial score (nSPS) is 11.8. The van der Waals surface area contributed by atoms with Crippen LogP contribution in [0.5, 0.6) is 0 Å². The van der Waals surface area contributed by atoms with Gasteiger partial charge in [-0.2, -0.15) is 0 Å². The first kappa shape index (κ1) is 20.9. The first-order valence-corrected chi connectivity index (χ1v) is 11.3. The van der Waals surface area contributed by atoms with Crippen LogP contribution in [0.1, 0.15) is 33.7 Å². The van der Waals surface area contributed by atoms with E-state index in [-0.39, 0.29) is 17.2 Å². The van der Waals surface area contributed by atoms with E-state index in [1.807, 2.05) is 84.9 Å². The zero-order valence-corrected chi connectivity index (χ0v) is 17.9. The Morgan fingerprint density at radius 1 is 0.710 bits per heavy atom. The molecule has 1 heterocycles. The number of pyridine rings is 1. The molecule has 0 bridgehead atoms. The second-order valence-corrected chi connectivity index (χ2v) is 8.27. The van der Waals surface area contributed by atoms with Crippen molar-refractivity contribution in [3.63, 3.8) is 0 Å². The fourth-order valence-electron chi connectivity index (χ4n) is 3.52. The van der Waals surface area contributed by atoms with Crippen LogP contribution < -0.4 is 5.32 Å². The summed E-state index contributed by atoms with van der Waals surface area (Å²) in [5.74, 6) is 0.339. The Bertz CT molecular complexity index is 994. The summed E-state index contributed by atoms with van der Waals surface area (Å²) >= 11 is 1.64. The van der Waals surface area contributed by atoms with Gasteiger partial charge in [0, 0.05) is 6.20 Å². The van der Waals surface area contributed by atoms with Crippen molar-refractivity contribution >= 4 is 17.7 Å². The summed E-state index contributed by atoms with van der Waals surface area (Å²) in [6.45, 7) is 0. The first-order valence-electron chi connectivity index (χ1n) is 10.3. The van der Waals surface area contributed by atoms with Crippen LogP contribution in [0.2, 0.25) is 0 Å². The molecule has 0 aliphatic rings. The summed E-state index contributed by atoms with van der Waals surface area (Å²) in [5.41, 5.74) is 4.23. The van der Waals surface area contributed by atoms with Crippen LogP contribution in [0.4, 0.5) is 0 Å². The maximum Gasteiger partial charge on any atom is 0.230 e. The Morgan fingerprint density at radius 2 is 1.23 bits per heavy atom. The minimum absolute atomic E-state index is 0.0126. The van der Waals surface area contributed by atoms with E-state index in [9.17, 15) is 4.79 Å². The predicted octanol–water partition coefficient (Wildman–Crippen LogP) is 5.81. The largest absolute Gasteiger partial charge is 0.343 e. The first-order chi connectivity index (χ1) is 15.3. The monoisotopic (exact) mass is 424 g/mol. The lowest BCUT2D eigenvalue weighted by atomic mass is 10.0. The summed E-state index contributed by atoms with van der Waals surface area (Å²) in [6.07, 6.45) is 1.76. The summed E-state index contributed by atoms with van der Waals surface area (Å²) in [7, 11) is 0. The molecule has 0 spiro atoms. The van der Waals surface area contributed by atoms with E-state index in [0.29, 0.717) is 5.75 Å². The van der Waals surface area contributed by atoms with Crippen LogP contribution in [-0.2, 0) is 4.79 Å². The highest BCUT2D eigenvalue weighted by atomic mass is 32.2. The van der Waals surface area contributed by atoms with Crippen molar-refractivity contribution in [2.75, 3.05) is 5.75 Å². The molecule has 0 fully saturated rings. The third kappa shape index (κ3) is 5.62. The zero-order chi connectivity index (χ0) is 21.3. The molecule has 3 nitrogen and oxygen atoms in total. The standard InChI is InChI=1S/C27H24N2OS/c30-25(29-26(21-12-4-1-5-13-21)24-18-10-11-19-28-24)20-31-27(22-14-6-2-7-15-22)23-16-8-3-9-17-23/h1-19,26-27H,20H2,(H,29,30)/t26-/m0/s1. The number of amides is 1. The number of benzene rings is 3. The molecule has 4 aromatic rings. The number of nitrogens with zero attached hydrogens (tertiary/aromatic N) is 1. The lowest BCUT2D eigenvalue weighted by Gasteiger charge is -2.21. The number of aromatic nitrogens is 1. The summed E-state index contributed by atoms with van der Waals surface area (Å²) in [6, 6.07) is 36.1. The molecule has 154 valence electrons. The molecule has 4 rings (SSSR count). The van der Waals surface area contributed by atoms with E-state index >= 15 is 0 Å². The molecular weight excluding hydrogens is 400 g/mol. The van der Waals surface area contributed by atoms with E-state index in [1.165, 1.54) is 11.1 Å². The quantitative estimate of drug-likeness (QED) is 0.388. The maximum atomic E-state index is 13.0. The average molecular weight is 425 g/mol. The highest BCUT2D eigenvalue weighted by Crippen LogP contribution is 2.35. The second kappa shape index (κ2) is 10.6. The highest BCUT2D eigenvalue weighted by molar-refractivity contribution is 8.00. The second-order valence-electron chi connectivity index (χ2n) is 7.18. The molecule has 1 aromatic heterocycles. The van der Waals surface area contributed by atoms with Crippen molar-refractivity contribution in [2.45, 2.75) is 11.3 Å². The van der Waals surface area contributed by atoms with Gasteiger partial charge < -0.3 is 5.32 Å². The predicted molar refractivity (Wildman–Crippen MR) is 128 cm³/mol. The van der Waals surface area contributed by atoms with Crippen molar-refractivity contribution in [3.8, 4) is 0 Å². The Kier molecular flexibility index (Phi) is 7.14. The van der Waals surface area contributed by atoms with Crippen molar-refractivity contribution < 1.29 is 4.79 Å². The van der Waals surface area contributed by atoms with E-state index in [2.05, 4.69) is 34.6 Å². The topological polar surface area (TPSA) is 42.0 Å². The number of thioether (sulfide) groups is 1. The molecule has 0 saturated heterocycles. The molecule has 0 unspecified atom stereocenters. The Labute approximate surface area is 187 Å². The molecule has 0 radical (unpaired) electrons. The van der Waals surface area contributed by atoms with Gasteiger partial charge in [-0.3, -0.25) is 9.78 Å². The number of nitrogens with one attached hydrogen (secondary N) is 1. The van der Waals surface area contributed by atoms with E-state index in [4.69, 9.17) is 0 Å². The maximum absolute atomic E-state index is 13.0. The molecule has 3 aromatic carbocycles. The van der Waals surface area contributed by atoms with Crippen molar-refractivity contribution in [1.29, 1.82) is 0 Å². The molecule has 1 N–H and O–H groups in total. The lowest BCUT2D eigenvalue weighted by molar-refractivity contribution is -0.119. The fraction of sp³-hybridized carbons (Fsp3) is 0.111. The summed E-state index contributed by atoms with van der Waals surface area (Å²) < 4.78 is 0. The third-order valence-electron chi connectivity index (χ3n) is 5.01. The van der Waals surface area contributed by atoms with Gasteiger partial charge in [-0.25, -0.2) is 0 Å². The Hall–Kier alpha value is -3.37. The van der Waals surface area contributed by atoms with Gasteiger partial charge in [-0.1, -0.05) is 97.1 Å². The molecule has 1 atom stereocenters. The Morgan fingerprint density at radius 3 is 1.74 bits per heavy atom. The minimum atomic E-state index is -0.276. The zero-order valence-electron chi connectivity index (χ0n) is 17.1. The number of carbonyl (C=O) groups is 1. The van der Waals surface area contributed by atoms with Gasteiger partial charge >= 0.3 is 0 Å². The van der Waals surface area contributed by atoms with Crippen LogP contribution in [0.3, 0.4) is 0 Å². The van der Waals surface area contributed by atoms with Crippen LogP contribution in [0.15, 0.2) is 115 Å². The van der Waals surface area contributed by atoms with Crippen LogP contribution in [-0.4, -0.2) is 16.6 Å². The van der Waals surface area contributed by atoms with Gasteiger partial charge in [-0.05, 0) is 28.8 Å². The summed E-state index contributed by atoms with van der Waals surface area (Å²) in [5, 5.41) is 3.28. The van der Waals surface area contributed by atoms with E-state index in [0.717, 1.165) is 11.3 Å².